The van der Waals surface area contributed by atoms with Crippen LogP contribution in [-0.2, 0) is 0 Å². The summed E-state index contributed by atoms with van der Waals surface area (Å²) in [7, 11) is -2.57. The summed E-state index contributed by atoms with van der Waals surface area (Å²) in [6.07, 6.45) is 1.18. The maximum absolute atomic E-state index is 10.7. The fourth-order valence-corrected chi connectivity index (χ4v) is 15.6. The highest BCUT2D eigenvalue weighted by molar-refractivity contribution is 6.85. The molecular weight excluding hydrogens is 332 g/mol. The minimum absolute atomic E-state index is 0.0335. The first kappa shape index (κ1) is 25.1. The van der Waals surface area contributed by atoms with E-state index in [2.05, 4.69) is 27.7 Å². The van der Waals surface area contributed by atoms with Crippen molar-refractivity contribution in [3.8, 4) is 0 Å². The average molecular weight is 377 g/mol. The molecule has 0 amide bonds. The van der Waals surface area contributed by atoms with Gasteiger partial charge in [0.2, 0.25) is 0 Å². The Morgan fingerprint density at radius 2 is 0.640 bits per heavy atom. The third-order valence-corrected chi connectivity index (χ3v) is 15.4. The van der Waals surface area contributed by atoms with Crippen LogP contribution in [0, 0.1) is 0 Å². The van der Waals surface area contributed by atoms with Crippen LogP contribution in [0.5, 0.6) is 0 Å². The number of rotatable bonds is 12. The smallest absolute Gasteiger partial charge is 0.0762 e. The zero-order valence-corrected chi connectivity index (χ0v) is 18.7. The molecule has 0 saturated heterocycles. The molecule has 0 fully saturated rings. The third-order valence-electron chi connectivity index (χ3n) is 6.66. The van der Waals surface area contributed by atoms with Crippen molar-refractivity contribution >= 4 is 8.07 Å². The highest BCUT2D eigenvalue weighted by Gasteiger charge is 2.59. The van der Waals surface area contributed by atoms with E-state index in [1.807, 2.05) is 27.7 Å². The van der Waals surface area contributed by atoms with E-state index in [4.69, 9.17) is 0 Å². The normalized spacial score (nSPS) is 24.5. The molecule has 0 aliphatic carbocycles. The molecule has 0 heterocycles. The first-order valence-corrected chi connectivity index (χ1v) is 12.6. The third kappa shape index (κ3) is 5.07. The molecule has 5 heteroatoms. The van der Waals surface area contributed by atoms with Crippen LogP contribution in [0.15, 0.2) is 0 Å². The van der Waals surface area contributed by atoms with Crippen molar-refractivity contribution in [1.29, 1.82) is 0 Å². The maximum atomic E-state index is 10.7. The number of aliphatic hydroxyl groups is 4. The standard InChI is InChI=1S/C20H44O4Si/c1-9-17(13(5)21)25(18(10-2)14(6)22,19(11-3)15(7)23)20(12-4)16(8)24/h13-24H,9-12H2,1-8H3. The van der Waals surface area contributed by atoms with Crippen LogP contribution in [0.25, 0.3) is 0 Å². The topological polar surface area (TPSA) is 80.9 Å². The largest absolute Gasteiger partial charge is 0.393 e. The van der Waals surface area contributed by atoms with Crippen molar-refractivity contribution in [1.82, 2.24) is 0 Å². The summed E-state index contributed by atoms with van der Waals surface area (Å²) in [5.41, 5.74) is 0.134. The molecule has 0 aromatic rings. The van der Waals surface area contributed by atoms with E-state index in [1.165, 1.54) is 0 Å². The van der Waals surface area contributed by atoms with Gasteiger partial charge in [-0.05, 0) is 49.9 Å². The Bertz CT molecular complexity index is 288. The molecule has 0 aromatic carbocycles. The molecule has 4 nitrogen and oxygen atoms in total. The van der Waals surface area contributed by atoms with Gasteiger partial charge in [0, 0.05) is 0 Å². The van der Waals surface area contributed by atoms with Gasteiger partial charge in [-0.15, -0.1) is 0 Å². The fraction of sp³-hybridized carbons (Fsp3) is 1.00. The van der Waals surface area contributed by atoms with E-state index >= 15 is 0 Å². The maximum Gasteiger partial charge on any atom is 0.0762 e. The van der Waals surface area contributed by atoms with Gasteiger partial charge < -0.3 is 20.4 Å². The summed E-state index contributed by atoms with van der Waals surface area (Å²) in [6.45, 7) is 15.7. The van der Waals surface area contributed by atoms with Gasteiger partial charge in [0.05, 0.1) is 32.5 Å². The Morgan fingerprint density at radius 1 is 0.480 bits per heavy atom. The lowest BCUT2D eigenvalue weighted by Crippen LogP contribution is -2.61. The van der Waals surface area contributed by atoms with E-state index in [-0.39, 0.29) is 22.2 Å². The van der Waals surface area contributed by atoms with Crippen LogP contribution in [0.1, 0.15) is 81.1 Å². The zero-order chi connectivity index (χ0) is 19.9. The summed E-state index contributed by atoms with van der Waals surface area (Å²) in [5, 5.41) is 42.9. The Kier molecular flexibility index (Phi) is 11.1. The van der Waals surface area contributed by atoms with Gasteiger partial charge in [0.25, 0.3) is 0 Å². The van der Waals surface area contributed by atoms with Gasteiger partial charge in [-0.25, -0.2) is 0 Å². The van der Waals surface area contributed by atoms with E-state index in [0.717, 1.165) is 25.7 Å². The van der Waals surface area contributed by atoms with E-state index in [1.54, 1.807) is 0 Å². The van der Waals surface area contributed by atoms with Crippen molar-refractivity contribution in [2.45, 2.75) is 128 Å². The molecule has 4 N–H and O–H groups in total. The van der Waals surface area contributed by atoms with Crippen LogP contribution < -0.4 is 0 Å². The molecule has 8 unspecified atom stereocenters. The molecule has 8 atom stereocenters. The minimum atomic E-state index is -2.57. The second kappa shape index (κ2) is 11.0. The average Bonchev–Trinajstić information content (AvgIpc) is 2.47. The first-order chi connectivity index (χ1) is 11.6. The molecule has 0 aliphatic heterocycles. The van der Waals surface area contributed by atoms with Crippen molar-refractivity contribution in [3.05, 3.63) is 0 Å². The van der Waals surface area contributed by atoms with E-state index < -0.39 is 32.5 Å². The Morgan fingerprint density at radius 3 is 0.720 bits per heavy atom. The summed E-state index contributed by atoms with van der Waals surface area (Å²) >= 11 is 0. The zero-order valence-electron chi connectivity index (χ0n) is 17.7. The van der Waals surface area contributed by atoms with Crippen LogP contribution in [0.2, 0.25) is 22.2 Å². The summed E-state index contributed by atoms with van der Waals surface area (Å²) in [6, 6.07) is 0. The summed E-state index contributed by atoms with van der Waals surface area (Å²) in [4.78, 5) is 0. The minimum Gasteiger partial charge on any atom is -0.393 e. The Labute approximate surface area is 156 Å². The van der Waals surface area contributed by atoms with Gasteiger partial charge in [0.15, 0.2) is 0 Å². The lowest BCUT2D eigenvalue weighted by molar-refractivity contribution is 0.130. The molecule has 0 aromatic heterocycles. The van der Waals surface area contributed by atoms with Gasteiger partial charge in [-0.1, -0.05) is 53.4 Å². The van der Waals surface area contributed by atoms with Crippen molar-refractivity contribution in [2.75, 3.05) is 0 Å². The molecule has 0 radical (unpaired) electrons. The van der Waals surface area contributed by atoms with Gasteiger partial charge >= 0.3 is 0 Å². The van der Waals surface area contributed by atoms with Crippen LogP contribution in [0.3, 0.4) is 0 Å². The van der Waals surface area contributed by atoms with E-state index in [0.29, 0.717) is 0 Å². The van der Waals surface area contributed by atoms with Crippen LogP contribution >= 0.6 is 0 Å². The van der Waals surface area contributed by atoms with Gasteiger partial charge in [-0.2, -0.15) is 0 Å². The van der Waals surface area contributed by atoms with Crippen LogP contribution in [0.4, 0.5) is 0 Å². The second-order valence-corrected chi connectivity index (χ2v) is 13.0. The van der Waals surface area contributed by atoms with Crippen molar-refractivity contribution < 1.29 is 20.4 Å². The number of hydrogen-bond acceptors (Lipinski definition) is 4. The monoisotopic (exact) mass is 376 g/mol. The van der Waals surface area contributed by atoms with Crippen LogP contribution in [-0.4, -0.2) is 52.9 Å². The Hall–Kier alpha value is 0.0569. The lowest BCUT2D eigenvalue weighted by atomic mass is 10.2. The number of hydrogen-bond donors (Lipinski definition) is 4. The Balaban J connectivity index is 6.89. The summed E-state index contributed by atoms with van der Waals surface area (Å²) < 4.78 is 0. The molecule has 0 bridgehead atoms. The molecule has 25 heavy (non-hydrogen) atoms. The quantitative estimate of drug-likeness (QED) is 0.387. The van der Waals surface area contributed by atoms with Crippen molar-refractivity contribution in [2.24, 2.45) is 0 Å². The van der Waals surface area contributed by atoms with Crippen molar-refractivity contribution in [3.63, 3.8) is 0 Å². The predicted octanol–water partition coefficient (Wildman–Crippen LogP) is 4.08. The fourth-order valence-electron chi connectivity index (χ4n) is 6.10. The van der Waals surface area contributed by atoms with E-state index in [9.17, 15) is 20.4 Å². The molecule has 0 spiro atoms. The molecule has 0 saturated carbocycles. The molecule has 0 aliphatic rings. The SMILES string of the molecule is CCC(C(C)O)[Si](C(CC)C(C)O)(C(CC)C(C)O)C(CC)C(C)O. The van der Waals surface area contributed by atoms with Gasteiger partial charge in [-0.3, -0.25) is 0 Å². The highest BCUT2D eigenvalue weighted by atomic mass is 28.3. The van der Waals surface area contributed by atoms with Gasteiger partial charge in [0.1, 0.15) is 0 Å². The first-order valence-electron chi connectivity index (χ1n) is 10.3. The second-order valence-electron chi connectivity index (χ2n) is 8.02. The molecule has 0 rings (SSSR count). The molecule has 152 valence electrons. The number of aliphatic hydroxyl groups excluding tert-OH is 4. The molecular formula is C20H44O4Si. The lowest BCUT2D eigenvalue weighted by Gasteiger charge is -2.57. The predicted molar refractivity (Wildman–Crippen MR) is 109 cm³/mol. The highest BCUT2D eigenvalue weighted by Crippen LogP contribution is 2.58. The summed E-state index contributed by atoms with van der Waals surface area (Å²) in [5.74, 6) is 0.